The number of nitrogens with one attached hydrogen (secondary N) is 1. The molecule has 0 bridgehead atoms. The van der Waals surface area contributed by atoms with Crippen molar-refractivity contribution in [2.24, 2.45) is 0 Å². The summed E-state index contributed by atoms with van der Waals surface area (Å²) >= 11 is 0. The Bertz CT molecular complexity index is 523. The van der Waals surface area contributed by atoms with Crippen molar-refractivity contribution in [3.05, 3.63) is 12.2 Å². The fourth-order valence-corrected chi connectivity index (χ4v) is 2.97. The summed E-state index contributed by atoms with van der Waals surface area (Å²) in [5, 5.41) is 2.56. The van der Waals surface area contributed by atoms with Gasteiger partial charge in [0.05, 0.1) is 7.11 Å². The van der Waals surface area contributed by atoms with Crippen molar-refractivity contribution >= 4 is 18.0 Å². The number of hydrogen-bond acceptors (Lipinski definition) is 5. The highest BCUT2D eigenvalue weighted by atomic mass is 16.6. The van der Waals surface area contributed by atoms with E-state index in [4.69, 9.17) is 9.47 Å². The Hall–Kier alpha value is -2.05. The summed E-state index contributed by atoms with van der Waals surface area (Å²) in [5.41, 5.74) is -0.647. The van der Waals surface area contributed by atoms with Gasteiger partial charge in [0.25, 0.3) is 0 Å². The molecule has 0 unspecified atom stereocenters. The van der Waals surface area contributed by atoms with Crippen LogP contribution in [0.2, 0.25) is 0 Å². The van der Waals surface area contributed by atoms with Gasteiger partial charge in [-0.3, -0.25) is 4.79 Å². The van der Waals surface area contributed by atoms with Crippen LogP contribution in [0.15, 0.2) is 12.2 Å². The molecule has 2 aliphatic heterocycles. The molecule has 23 heavy (non-hydrogen) atoms. The Morgan fingerprint density at radius 1 is 1.30 bits per heavy atom. The van der Waals surface area contributed by atoms with Crippen LogP contribution in [0, 0.1) is 0 Å². The van der Waals surface area contributed by atoms with Gasteiger partial charge in [-0.25, -0.2) is 9.59 Å². The first-order chi connectivity index (χ1) is 10.7. The monoisotopic (exact) mass is 324 g/mol. The van der Waals surface area contributed by atoms with Crippen molar-refractivity contribution in [3.8, 4) is 0 Å². The van der Waals surface area contributed by atoms with Gasteiger partial charge in [-0.15, -0.1) is 0 Å². The molecule has 0 aliphatic carbocycles. The van der Waals surface area contributed by atoms with Crippen LogP contribution in [-0.4, -0.2) is 53.7 Å². The predicted molar refractivity (Wildman–Crippen MR) is 82.6 cm³/mol. The highest BCUT2D eigenvalue weighted by molar-refractivity contribution is 5.92. The first kappa shape index (κ1) is 17.3. The van der Waals surface area contributed by atoms with Crippen molar-refractivity contribution in [1.82, 2.24) is 10.2 Å². The summed E-state index contributed by atoms with van der Waals surface area (Å²) in [6.07, 6.45) is 4.84. The molecular formula is C16H24N2O5. The third kappa shape index (κ3) is 4.03. The van der Waals surface area contributed by atoms with E-state index in [0.717, 1.165) is 6.42 Å². The second-order valence-electron chi connectivity index (χ2n) is 6.80. The van der Waals surface area contributed by atoms with E-state index < -0.39 is 29.7 Å². The van der Waals surface area contributed by atoms with Crippen LogP contribution in [0.1, 0.15) is 40.0 Å². The molecular weight excluding hydrogens is 300 g/mol. The number of carbonyl (C=O) groups excluding carboxylic acids is 3. The van der Waals surface area contributed by atoms with Crippen LogP contribution in [0.3, 0.4) is 0 Å². The molecule has 1 N–H and O–H groups in total. The van der Waals surface area contributed by atoms with E-state index in [9.17, 15) is 14.4 Å². The third-order valence-corrected chi connectivity index (χ3v) is 3.91. The molecule has 0 aromatic rings. The number of methoxy groups -OCH3 is 1. The predicted octanol–water partition coefficient (Wildman–Crippen LogP) is 1.37. The molecule has 1 fully saturated rings. The number of nitrogens with zero attached hydrogens (tertiary/aromatic N) is 1. The van der Waals surface area contributed by atoms with Crippen molar-refractivity contribution in [3.63, 3.8) is 0 Å². The molecule has 7 nitrogen and oxygen atoms in total. The molecule has 7 heteroatoms. The van der Waals surface area contributed by atoms with E-state index in [1.54, 1.807) is 31.7 Å². The quantitative estimate of drug-likeness (QED) is 0.612. The molecule has 0 aromatic carbocycles. The Morgan fingerprint density at radius 2 is 2.00 bits per heavy atom. The van der Waals surface area contributed by atoms with Crippen LogP contribution in [-0.2, 0) is 19.1 Å². The molecule has 2 amide bonds. The Morgan fingerprint density at radius 3 is 2.61 bits per heavy atom. The van der Waals surface area contributed by atoms with Crippen LogP contribution in [0.25, 0.3) is 0 Å². The number of carbonyl (C=O) groups is 3. The lowest BCUT2D eigenvalue weighted by molar-refractivity contribution is -0.152. The molecule has 2 aliphatic rings. The number of amides is 2. The highest BCUT2D eigenvalue weighted by Crippen LogP contribution is 2.30. The Kier molecular flexibility index (Phi) is 4.97. The van der Waals surface area contributed by atoms with Gasteiger partial charge in [-0.1, -0.05) is 12.2 Å². The second kappa shape index (κ2) is 6.60. The molecule has 0 spiro atoms. The molecule has 0 aromatic heterocycles. The molecule has 128 valence electrons. The average molecular weight is 324 g/mol. The molecule has 2 heterocycles. The summed E-state index contributed by atoms with van der Waals surface area (Å²) in [6, 6.07) is -1.45. The van der Waals surface area contributed by atoms with E-state index in [-0.39, 0.29) is 11.9 Å². The van der Waals surface area contributed by atoms with Gasteiger partial charge in [0.1, 0.15) is 17.7 Å². The van der Waals surface area contributed by atoms with Crippen LogP contribution >= 0.6 is 0 Å². The number of alkyl carbamates (subject to hydrolysis) is 1. The van der Waals surface area contributed by atoms with Crippen LogP contribution in [0.4, 0.5) is 4.79 Å². The van der Waals surface area contributed by atoms with Crippen molar-refractivity contribution < 1.29 is 23.9 Å². The SMILES string of the molecule is COC(=O)[C@@H]1CC[C@@H]2CC=C[C@H](NC(=O)OC(C)(C)C)C(=O)N21. The Balaban J connectivity index is 2.11. The van der Waals surface area contributed by atoms with Gasteiger partial charge in [-0.2, -0.15) is 0 Å². The minimum absolute atomic E-state index is 0.0340. The zero-order valence-corrected chi connectivity index (χ0v) is 14.0. The summed E-state index contributed by atoms with van der Waals surface area (Å²) in [4.78, 5) is 38.1. The molecule has 2 rings (SSSR count). The minimum atomic E-state index is -0.833. The zero-order chi connectivity index (χ0) is 17.2. The minimum Gasteiger partial charge on any atom is -0.467 e. The molecule has 0 radical (unpaired) electrons. The topological polar surface area (TPSA) is 84.9 Å². The van der Waals surface area contributed by atoms with E-state index >= 15 is 0 Å². The van der Waals surface area contributed by atoms with Crippen molar-refractivity contribution in [2.75, 3.05) is 7.11 Å². The maximum atomic E-state index is 12.8. The zero-order valence-electron chi connectivity index (χ0n) is 14.0. The van der Waals surface area contributed by atoms with Crippen molar-refractivity contribution in [1.29, 1.82) is 0 Å². The van der Waals surface area contributed by atoms with Gasteiger partial charge >= 0.3 is 12.1 Å². The number of ether oxygens (including phenoxy) is 2. The highest BCUT2D eigenvalue weighted by Gasteiger charge is 2.44. The smallest absolute Gasteiger partial charge is 0.408 e. The van der Waals surface area contributed by atoms with Crippen LogP contribution < -0.4 is 5.32 Å². The second-order valence-corrected chi connectivity index (χ2v) is 6.80. The lowest BCUT2D eigenvalue weighted by atomic mass is 10.1. The Labute approximate surface area is 136 Å². The summed E-state index contributed by atoms with van der Waals surface area (Å²) in [6.45, 7) is 5.25. The molecule has 0 saturated carbocycles. The maximum Gasteiger partial charge on any atom is 0.408 e. The van der Waals surface area contributed by atoms with E-state index in [1.165, 1.54) is 7.11 Å². The standard InChI is InChI=1S/C16H24N2O5/c1-16(2,3)23-15(21)17-11-7-5-6-10-8-9-12(14(20)22-4)18(10)13(11)19/h5,7,10-12H,6,8-9H2,1-4H3,(H,17,21)/t10-,11-,12-/m0/s1. The van der Waals surface area contributed by atoms with Crippen LogP contribution in [0.5, 0.6) is 0 Å². The molecule has 1 saturated heterocycles. The summed E-state index contributed by atoms with van der Waals surface area (Å²) < 4.78 is 9.98. The van der Waals surface area contributed by atoms with Gasteiger partial charge in [0, 0.05) is 6.04 Å². The van der Waals surface area contributed by atoms with Gasteiger partial charge in [0.15, 0.2) is 0 Å². The average Bonchev–Trinajstić information content (AvgIpc) is 2.80. The fourth-order valence-electron chi connectivity index (χ4n) is 2.97. The lowest BCUT2D eigenvalue weighted by Gasteiger charge is -2.30. The fraction of sp³-hybridized carbons (Fsp3) is 0.688. The maximum absolute atomic E-state index is 12.8. The third-order valence-electron chi connectivity index (χ3n) is 3.91. The van der Waals surface area contributed by atoms with E-state index in [1.807, 2.05) is 6.08 Å². The normalized spacial score (nSPS) is 27.2. The number of hydrogen-bond donors (Lipinski definition) is 1. The molecule has 3 atom stereocenters. The van der Waals surface area contributed by atoms with Crippen molar-refractivity contribution in [2.45, 2.75) is 63.8 Å². The van der Waals surface area contributed by atoms with Gasteiger partial charge in [0.2, 0.25) is 5.91 Å². The first-order valence-corrected chi connectivity index (χ1v) is 7.79. The van der Waals surface area contributed by atoms with E-state index in [0.29, 0.717) is 12.8 Å². The summed E-state index contributed by atoms with van der Waals surface area (Å²) in [5.74, 6) is -0.721. The lowest BCUT2D eigenvalue weighted by Crippen LogP contribution is -2.53. The number of fused-ring (bicyclic) bond motifs is 1. The van der Waals surface area contributed by atoms with Gasteiger partial charge < -0.3 is 19.7 Å². The summed E-state index contributed by atoms with van der Waals surface area (Å²) in [7, 11) is 1.31. The van der Waals surface area contributed by atoms with Gasteiger partial charge in [-0.05, 0) is 40.0 Å². The first-order valence-electron chi connectivity index (χ1n) is 7.79. The number of rotatable bonds is 2. The largest absolute Gasteiger partial charge is 0.467 e. The number of esters is 1. The van der Waals surface area contributed by atoms with E-state index in [2.05, 4.69) is 5.32 Å².